The van der Waals surface area contributed by atoms with Crippen LogP contribution in [0.1, 0.15) is 21.5 Å². The molecule has 1 unspecified atom stereocenters. The summed E-state index contributed by atoms with van der Waals surface area (Å²) >= 11 is 0. The molecule has 1 aliphatic heterocycles. The maximum atomic E-state index is 12.7. The van der Waals surface area contributed by atoms with Crippen LogP contribution in [0.15, 0.2) is 54.6 Å². The number of carbonyl (C=O) groups is 3. The molecule has 1 aliphatic rings. The first-order chi connectivity index (χ1) is 12.5. The molecular formula is C20H20N2O4. The van der Waals surface area contributed by atoms with Crippen LogP contribution in [-0.2, 0) is 22.4 Å². The maximum absolute atomic E-state index is 12.7. The quantitative estimate of drug-likeness (QED) is 0.854. The summed E-state index contributed by atoms with van der Waals surface area (Å²) in [5.41, 5.74) is 2.20. The summed E-state index contributed by atoms with van der Waals surface area (Å²) < 4.78 is 0. The summed E-state index contributed by atoms with van der Waals surface area (Å²) in [6.45, 7) is 0. The van der Waals surface area contributed by atoms with E-state index < -0.39 is 24.0 Å². The molecule has 6 nitrogen and oxygen atoms in total. The molecule has 0 spiro atoms. The fourth-order valence-corrected chi connectivity index (χ4v) is 3.17. The van der Waals surface area contributed by atoms with Crippen LogP contribution in [-0.4, -0.2) is 46.9 Å². The molecule has 0 saturated heterocycles. The summed E-state index contributed by atoms with van der Waals surface area (Å²) in [6.07, 6.45) is 0.546. The van der Waals surface area contributed by atoms with E-state index in [9.17, 15) is 19.5 Å². The lowest BCUT2D eigenvalue weighted by molar-refractivity contribution is -0.142. The average molecular weight is 352 g/mol. The number of carboxylic acids is 1. The Morgan fingerprint density at radius 3 is 2.50 bits per heavy atom. The molecule has 2 aromatic rings. The average Bonchev–Trinajstić information content (AvgIpc) is 2.64. The van der Waals surface area contributed by atoms with Crippen LogP contribution in [0.25, 0.3) is 0 Å². The van der Waals surface area contributed by atoms with Gasteiger partial charge in [0.15, 0.2) is 0 Å². The number of nitrogens with one attached hydrogen (secondary N) is 1. The second-order valence-corrected chi connectivity index (χ2v) is 6.38. The highest BCUT2D eigenvalue weighted by molar-refractivity contribution is 6.01. The zero-order chi connectivity index (χ0) is 18.7. The van der Waals surface area contributed by atoms with E-state index >= 15 is 0 Å². The van der Waals surface area contributed by atoms with Crippen molar-refractivity contribution in [3.63, 3.8) is 0 Å². The van der Waals surface area contributed by atoms with Gasteiger partial charge in [-0.15, -0.1) is 0 Å². The van der Waals surface area contributed by atoms with E-state index in [0.29, 0.717) is 12.0 Å². The summed E-state index contributed by atoms with van der Waals surface area (Å²) in [4.78, 5) is 38.1. The summed E-state index contributed by atoms with van der Waals surface area (Å²) in [5.74, 6) is -1.80. The minimum absolute atomic E-state index is 0.183. The van der Waals surface area contributed by atoms with E-state index in [0.717, 1.165) is 11.1 Å². The van der Waals surface area contributed by atoms with Crippen molar-refractivity contribution in [2.45, 2.75) is 24.9 Å². The van der Waals surface area contributed by atoms with Crippen molar-refractivity contribution in [1.82, 2.24) is 10.2 Å². The first-order valence-electron chi connectivity index (χ1n) is 8.39. The number of nitrogens with zero attached hydrogens (tertiary/aromatic N) is 1. The van der Waals surface area contributed by atoms with Gasteiger partial charge >= 0.3 is 5.97 Å². The Morgan fingerprint density at radius 2 is 1.81 bits per heavy atom. The molecule has 0 bridgehead atoms. The number of hydrogen-bond acceptors (Lipinski definition) is 3. The molecule has 134 valence electrons. The van der Waals surface area contributed by atoms with E-state index in [2.05, 4.69) is 5.32 Å². The van der Waals surface area contributed by atoms with Gasteiger partial charge in [0.2, 0.25) is 5.91 Å². The van der Waals surface area contributed by atoms with Crippen molar-refractivity contribution in [1.29, 1.82) is 0 Å². The molecule has 3 rings (SSSR count). The number of aliphatic carboxylic acids is 1. The largest absolute Gasteiger partial charge is 0.480 e. The van der Waals surface area contributed by atoms with Gasteiger partial charge in [0.25, 0.3) is 5.91 Å². The van der Waals surface area contributed by atoms with Crippen molar-refractivity contribution in [2.75, 3.05) is 7.05 Å². The molecule has 2 N–H and O–H groups in total. The van der Waals surface area contributed by atoms with Crippen LogP contribution in [0.5, 0.6) is 0 Å². The Labute approximate surface area is 151 Å². The van der Waals surface area contributed by atoms with E-state index in [1.54, 1.807) is 19.2 Å². The Morgan fingerprint density at radius 1 is 1.15 bits per heavy atom. The number of amides is 2. The standard InChI is InChI=1S/C20H20N2O4/c1-22-17(12-14-9-5-6-10-15(14)19(22)24)18(23)21-16(20(25)26)11-13-7-3-2-4-8-13/h2-10,16-17H,11-12H2,1H3,(H,21,23)(H,25,26)/t16-,17?/m0/s1. The number of carboxylic acid groups (broad SMARTS) is 1. The van der Waals surface area contributed by atoms with Crippen LogP contribution in [0, 0.1) is 0 Å². The van der Waals surface area contributed by atoms with E-state index in [4.69, 9.17) is 0 Å². The molecule has 2 atom stereocenters. The molecule has 2 amide bonds. The van der Waals surface area contributed by atoms with Crippen LogP contribution in [0.2, 0.25) is 0 Å². The normalized spacial score (nSPS) is 17.3. The van der Waals surface area contributed by atoms with Gasteiger partial charge in [0, 0.05) is 25.5 Å². The van der Waals surface area contributed by atoms with E-state index in [1.165, 1.54) is 4.90 Å². The van der Waals surface area contributed by atoms with Gasteiger partial charge in [-0.3, -0.25) is 9.59 Å². The van der Waals surface area contributed by atoms with E-state index in [-0.39, 0.29) is 12.3 Å². The van der Waals surface area contributed by atoms with Crippen molar-refractivity contribution in [3.8, 4) is 0 Å². The van der Waals surface area contributed by atoms with Crippen LogP contribution in [0.4, 0.5) is 0 Å². The first kappa shape index (κ1) is 17.7. The van der Waals surface area contributed by atoms with Crippen molar-refractivity contribution in [2.24, 2.45) is 0 Å². The highest BCUT2D eigenvalue weighted by Gasteiger charge is 2.35. The summed E-state index contributed by atoms with van der Waals surface area (Å²) in [7, 11) is 1.56. The smallest absolute Gasteiger partial charge is 0.326 e. The number of carbonyl (C=O) groups excluding carboxylic acids is 2. The fraction of sp³-hybridized carbons (Fsp3) is 0.250. The minimum atomic E-state index is -1.10. The third-order valence-electron chi connectivity index (χ3n) is 4.65. The molecule has 2 aromatic carbocycles. The molecule has 0 saturated carbocycles. The lowest BCUT2D eigenvalue weighted by Crippen LogP contribution is -2.55. The molecule has 0 fully saturated rings. The lowest BCUT2D eigenvalue weighted by Gasteiger charge is -2.33. The van der Waals surface area contributed by atoms with Crippen LogP contribution >= 0.6 is 0 Å². The van der Waals surface area contributed by atoms with Crippen molar-refractivity contribution < 1.29 is 19.5 Å². The van der Waals surface area contributed by atoms with Gasteiger partial charge in [0.1, 0.15) is 12.1 Å². The number of benzene rings is 2. The van der Waals surface area contributed by atoms with E-state index in [1.807, 2.05) is 42.5 Å². The molecular weight excluding hydrogens is 332 g/mol. The fourth-order valence-electron chi connectivity index (χ4n) is 3.17. The highest BCUT2D eigenvalue weighted by Crippen LogP contribution is 2.22. The van der Waals surface area contributed by atoms with Crippen molar-refractivity contribution >= 4 is 17.8 Å². The first-order valence-corrected chi connectivity index (χ1v) is 8.39. The molecule has 26 heavy (non-hydrogen) atoms. The zero-order valence-electron chi connectivity index (χ0n) is 14.4. The third-order valence-corrected chi connectivity index (χ3v) is 4.65. The van der Waals surface area contributed by atoms with Gasteiger partial charge in [-0.05, 0) is 17.2 Å². The molecule has 0 aliphatic carbocycles. The number of hydrogen-bond donors (Lipinski definition) is 2. The minimum Gasteiger partial charge on any atom is -0.480 e. The molecule has 6 heteroatoms. The van der Waals surface area contributed by atoms with Crippen molar-refractivity contribution in [3.05, 3.63) is 71.3 Å². The van der Waals surface area contributed by atoms with Gasteiger partial charge < -0.3 is 15.3 Å². The Kier molecular flexibility index (Phi) is 5.02. The monoisotopic (exact) mass is 352 g/mol. The molecule has 1 heterocycles. The Hall–Kier alpha value is -3.15. The third kappa shape index (κ3) is 3.59. The zero-order valence-corrected chi connectivity index (χ0v) is 14.4. The summed E-state index contributed by atoms with van der Waals surface area (Å²) in [6, 6.07) is 14.5. The lowest BCUT2D eigenvalue weighted by atomic mass is 9.93. The van der Waals surface area contributed by atoms with Gasteiger partial charge in [-0.2, -0.15) is 0 Å². The topological polar surface area (TPSA) is 86.7 Å². The SMILES string of the molecule is CN1C(=O)c2ccccc2CC1C(=O)N[C@@H](Cc1ccccc1)C(=O)O. The Balaban J connectivity index is 1.75. The number of rotatable bonds is 5. The molecule has 0 radical (unpaired) electrons. The maximum Gasteiger partial charge on any atom is 0.326 e. The predicted molar refractivity (Wildman–Crippen MR) is 95.7 cm³/mol. The van der Waals surface area contributed by atoms with Crippen LogP contribution in [0.3, 0.4) is 0 Å². The van der Waals surface area contributed by atoms with Gasteiger partial charge in [-0.25, -0.2) is 4.79 Å². The molecule has 0 aromatic heterocycles. The second kappa shape index (κ2) is 7.39. The second-order valence-electron chi connectivity index (χ2n) is 6.38. The predicted octanol–water partition coefficient (Wildman–Crippen LogP) is 1.50. The van der Waals surface area contributed by atoms with Gasteiger partial charge in [-0.1, -0.05) is 48.5 Å². The highest BCUT2D eigenvalue weighted by atomic mass is 16.4. The van der Waals surface area contributed by atoms with Gasteiger partial charge in [0.05, 0.1) is 0 Å². The number of fused-ring (bicyclic) bond motifs is 1. The number of likely N-dealkylation sites (N-methyl/N-ethyl adjacent to an activating group) is 1. The summed E-state index contributed by atoms with van der Waals surface area (Å²) in [5, 5.41) is 12.0. The van der Waals surface area contributed by atoms with Crippen LogP contribution < -0.4 is 5.32 Å². The Bertz CT molecular complexity index is 835.